The van der Waals surface area contributed by atoms with E-state index in [1.165, 1.54) is 17.3 Å². The third-order valence-corrected chi connectivity index (χ3v) is 6.04. The van der Waals surface area contributed by atoms with Gasteiger partial charge in [-0.2, -0.15) is 23.5 Å². The molecule has 1 saturated heterocycles. The number of hydrogen-bond donors (Lipinski definition) is 1. The maximum atomic E-state index is 12.4. The Kier molecular flexibility index (Phi) is 7.89. The molecule has 0 radical (unpaired) electrons. The molecule has 1 unspecified atom stereocenters. The summed E-state index contributed by atoms with van der Waals surface area (Å²) < 4.78 is 5.53. The molecule has 0 bridgehead atoms. The first-order chi connectivity index (χ1) is 10.1. The molecule has 1 atom stereocenters. The Balaban J connectivity index is 2.40. The predicted molar refractivity (Wildman–Crippen MR) is 99.1 cm³/mol. The van der Waals surface area contributed by atoms with Gasteiger partial charge in [0.15, 0.2) is 0 Å². The molecular formula is C16H32N2O2S2. The predicted octanol–water partition coefficient (Wildman–Crippen LogP) is 3.46. The number of rotatable bonds is 5. The molecule has 1 aliphatic rings. The van der Waals surface area contributed by atoms with Crippen LogP contribution in [0, 0.1) is 0 Å². The fourth-order valence-electron chi connectivity index (χ4n) is 2.13. The van der Waals surface area contributed by atoms with Crippen molar-refractivity contribution in [2.45, 2.75) is 57.9 Å². The highest BCUT2D eigenvalue weighted by Crippen LogP contribution is 2.23. The van der Waals surface area contributed by atoms with Crippen LogP contribution in [0.3, 0.4) is 0 Å². The highest BCUT2D eigenvalue weighted by Gasteiger charge is 2.30. The molecule has 6 heteroatoms. The van der Waals surface area contributed by atoms with Crippen molar-refractivity contribution in [1.82, 2.24) is 10.2 Å². The molecule has 1 rings (SSSR count). The first kappa shape index (κ1) is 20.0. The molecule has 0 aliphatic carbocycles. The lowest BCUT2D eigenvalue weighted by molar-refractivity contribution is 0.00667. The van der Waals surface area contributed by atoms with Crippen LogP contribution in [0.4, 0.5) is 4.79 Å². The van der Waals surface area contributed by atoms with Crippen molar-refractivity contribution >= 4 is 29.6 Å². The average Bonchev–Trinajstić information content (AvgIpc) is 2.36. The van der Waals surface area contributed by atoms with Gasteiger partial charge in [-0.3, -0.25) is 0 Å². The van der Waals surface area contributed by atoms with Crippen molar-refractivity contribution in [2.24, 2.45) is 0 Å². The Morgan fingerprint density at radius 2 is 1.91 bits per heavy atom. The molecule has 22 heavy (non-hydrogen) atoms. The van der Waals surface area contributed by atoms with Gasteiger partial charge in [-0.15, -0.1) is 0 Å². The smallest absolute Gasteiger partial charge is 0.410 e. The van der Waals surface area contributed by atoms with Crippen molar-refractivity contribution in [2.75, 3.05) is 36.9 Å². The van der Waals surface area contributed by atoms with E-state index in [0.717, 1.165) is 13.1 Å². The number of amides is 1. The summed E-state index contributed by atoms with van der Waals surface area (Å²) in [4.78, 5) is 14.2. The second kappa shape index (κ2) is 8.69. The van der Waals surface area contributed by atoms with E-state index in [2.05, 4.69) is 17.1 Å². The number of carbonyl (C=O) groups excluding carboxylic acids is 1. The molecule has 1 fully saturated rings. The molecule has 0 spiro atoms. The van der Waals surface area contributed by atoms with Crippen molar-refractivity contribution < 1.29 is 9.53 Å². The lowest BCUT2D eigenvalue weighted by atomic mass is 10.1. The Morgan fingerprint density at radius 1 is 1.23 bits per heavy atom. The normalized spacial score (nSPS) is 19.8. The summed E-state index contributed by atoms with van der Waals surface area (Å²) in [7, 11) is 0. The fraction of sp³-hybridized carbons (Fsp3) is 0.938. The summed E-state index contributed by atoms with van der Waals surface area (Å²) in [5.74, 6) is 3.76. The summed E-state index contributed by atoms with van der Waals surface area (Å²) in [6, 6.07) is 0. The topological polar surface area (TPSA) is 41.6 Å². The molecule has 1 heterocycles. The van der Waals surface area contributed by atoms with E-state index in [1.54, 1.807) is 0 Å². The van der Waals surface area contributed by atoms with Crippen LogP contribution in [0.1, 0.15) is 41.5 Å². The molecule has 0 saturated carbocycles. The minimum absolute atomic E-state index is 0.232. The Hall–Kier alpha value is -0.0700. The zero-order valence-corrected chi connectivity index (χ0v) is 16.5. The van der Waals surface area contributed by atoms with E-state index < -0.39 is 5.60 Å². The van der Waals surface area contributed by atoms with Gasteiger partial charge in [-0.1, -0.05) is 0 Å². The number of hydrogen-bond acceptors (Lipinski definition) is 5. The van der Waals surface area contributed by atoms with E-state index in [9.17, 15) is 4.79 Å². The van der Waals surface area contributed by atoms with Gasteiger partial charge in [0, 0.05) is 47.7 Å². The van der Waals surface area contributed by atoms with Crippen molar-refractivity contribution in [3.05, 3.63) is 0 Å². The number of carbonyl (C=O) groups is 1. The zero-order chi connectivity index (χ0) is 16.8. The highest BCUT2D eigenvalue weighted by atomic mass is 32.2. The van der Waals surface area contributed by atoms with E-state index >= 15 is 0 Å². The van der Waals surface area contributed by atoms with Gasteiger partial charge < -0.3 is 15.0 Å². The first-order valence-electron chi connectivity index (χ1n) is 8.00. The molecular weight excluding hydrogens is 316 g/mol. The Bertz CT molecular complexity index is 345. The van der Waals surface area contributed by atoms with Crippen LogP contribution in [-0.2, 0) is 4.74 Å². The molecule has 4 nitrogen and oxygen atoms in total. The largest absolute Gasteiger partial charge is 0.444 e. The van der Waals surface area contributed by atoms with Crippen molar-refractivity contribution in [1.29, 1.82) is 0 Å². The molecule has 1 N–H and O–H groups in total. The van der Waals surface area contributed by atoms with Gasteiger partial charge in [0.25, 0.3) is 0 Å². The van der Waals surface area contributed by atoms with Gasteiger partial charge in [0.1, 0.15) is 5.60 Å². The van der Waals surface area contributed by atoms with Gasteiger partial charge in [0.05, 0.1) is 0 Å². The standard InChI is InChI=1S/C16H32N2O2S2/c1-15(2,3)18(14(19)20-16(4,5)6)8-7-17-11-13-12-21-9-10-22-13/h13,17H,7-12H2,1-6H3. The monoisotopic (exact) mass is 348 g/mol. The van der Waals surface area contributed by atoms with Gasteiger partial charge >= 0.3 is 6.09 Å². The summed E-state index contributed by atoms with van der Waals surface area (Å²) in [6.45, 7) is 14.3. The second-order valence-corrected chi connectivity index (χ2v) is 10.1. The van der Waals surface area contributed by atoms with E-state index in [-0.39, 0.29) is 11.6 Å². The lowest BCUT2D eigenvalue weighted by Gasteiger charge is -2.37. The molecule has 0 aromatic heterocycles. The number of ether oxygens (including phenoxy) is 1. The quantitative estimate of drug-likeness (QED) is 0.771. The summed E-state index contributed by atoms with van der Waals surface area (Å²) >= 11 is 4.09. The van der Waals surface area contributed by atoms with Gasteiger partial charge in [-0.05, 0) is 41.5 Å². The fourth-order valence-corrected chi connectivity index (χ4v) is 4.77. The number of nitrogens with zero attached hydrogens (tertiary/aromatic N) is 1. The van der Waals surface area contributed by atoms with Crippen molar-refractivity contribution in [3.63, 3.8) is 0 Å². The van der Waals surface area contributed by atoms with Gasteiger partial charge in [0.2, 0.25) is 0 Å². The maximum absolute atomic E-state index is 12.4. The SMILES string of the molecule is CC(C)(C)OC(=O)N(CCNCC1CSCCS1)C(C)(C)C. The minimum Gasteiger partial charge on any atom is -0.444 e. The van der Waals surface area contributed by atoms with Crippen LogP contribution in [0.15, 0.2) is 0 Å². The van der Waals surface area contributed by atoms with Gasteiger partial charge in [-0.25, -0.2) is 4.79 Å². The summed E-state index contributed by atoms with van der Waals surface area (Å²) in [5.41, 5.74) is -0.691. The van der Waals surface area contributed by atoms with Crippen LogP contribution in [0.5, 0.6) is 0 Å². The average molecular weight is 349 g/mol. The third kappa shape index (κ3) is 7.97. The maximum Gasteiger partial charge on any atom is 0.410 e. The van der Waals surface area contributed by atoms with Crippen LogP contribution >= 0.6 is 23.5 Å². The minimum atomic E-state index is -0.454. The van der Waals surface area contributed by atoms with Crippen LogP contribution in [0.25, 0.3) is 0 Å². The summed E-state index contributed by atoms with van der Waals surface area (Å²) in [6.07, 6.45) is -0.232. The summed E-state index contributed by atoms with van der Waals surface area (Å²) in [5, 5.41) is 4.19. The van der Waals surface area contributed by atoms with Crippen LogP contribution < -0.4 is 5.32 Å². The molecule has 1 aliphatic heterocycles. The third-order valence-electron chi connectivity index (χ3n) is 3.19. The number of nitrogens with one attached hydrogen (secondary N) is 1. The Morgan fingerprint density at radius 3 is 2.41 bits per heavy atom. The van der Waals surface area contributed by atoms with E-state index in [0.29, 0.717) is 11.8 Å². The van der Waals surface area contributed by atoms with E-state index in [4.69, 9.17) is 4.74 Å². The lowest BCUT2D eigenvalue weighted by Crippen LogP contribution is -2.50. The first-order valence-corrected chi connectivity index (χ1v) is 10.2. The molecule has 0 aromatic carbocycles. The highest BCUT2D eigenvalue weighted by molar-refractivity contribution is 8.06. The van der Waals surface area contributed by atoms with Crippen LogP contribution in [0.2, 0.25) is 0 Å². The van der Waals surface area contributed by atoms with E-state index in [1.807, 2.05) is 58.2 Å². The van der Waals surface area contributed by atoms with Crippen molar-refractivity contribution in [3.8, 4) is 0 Å². The van der Waals surface area contributed by atoms with Crippen LogP contribution in [-0.4, -0.2) is 64.3 Å². The molecule has 130 valence electrons. The zero-order valence-electron chi connectivity index (χ0n) is 14.9. The molecule has 0 aromatic rings. The number of thioether (sulfide) groups is 2. The molecule has 1 amide bonds. The Labute approximate surface area is 144 Å². The second-order valence-electron chi connectivity index (χ2n) is 7.57.